The van der Waals surface area contributed by atoms with E-state index in [9.17, 15) is 19.2 Å². The van der Waals surface area contributed by atoms with E-state index < -0.39 is 61.1 Å². The van der Waals surface area contributed by atoms with Gasteiger partial charge in [-0.25, -0.2) is 0 Å². The van der Waals surface area contributed by atoms with Crippen LogP contribution in [0, 0.1) is 0 Å². The first-order valence-electron chi connectivity index (χ1n) is 7.47. The summed E-state index contributed by atoms with van der Waals surface area (Å²) in [6, 6.07) is 0. The van der Waals surface area contributed by atoms with Gasteiger partial charge in [-0.2, -0.15) is 0 Å². The predicted molar refractivity (Wildman–Crippen MR) is 74.1 cm³/mol. The number of ether oxygens (including phenoxy) is 5. The Labute approximate surface area is 141 Å². The fourth-order valence-corrected chi connectivity index (χ4v) is 2.63. The van der Waals surface area contributed by atoms with Crippen molar-refractivity contribution in [1.29, 1.82) is 0 Å². The van der Waals surface area contributed by atoms with Crippen LogP contribution in [0.25, 0.3) is 0 Å². The van der Waals surface area contributed by atoms with Crippen LogP contribution in [0.3, 0.4) is 0 Å². The molecule has 0 saturated carbocycles. The fraction of sp³-hybridized carbons (Fsp3) is 0.714. The zero-order valence-corrected chi connectivity index (χ0v) is 13.2. The lowest BCUT2D eigenvalue weighted by Gasteiger charge is -2.25. The van der Waals surface area contributed by atoms with Gasteiger partial charge in [-0.05, 0) is 0 Å². The number of esters is 2. The Morgan fingerprint density at radius 3 is 1.28 bits per heavy atom. The maximum atomic E-state index is 11.9. The van der Waals surface area contributed by atoms with Gasteiger partial charge in [0.25, 0.3) is 0 Å². The predicted octanol–water partition coefficient (Wildman–Crippen LogP) is -0.728. The van der Waals surface area contributed by atoms with Gasteiger partial charge in [0.15, 0.2) is 11.6 Å². The van der Waals surface area contributed by atoms with Crippen molar-refractivity contribution in [1.82, 2.24) is 0 Å². The van der Waals surface area contributed by atoms with Crippen LogP contribution < -0.4 is 0 Å². The van der Waals surface area contributed by atoms with Gasteiger partial charge >= 0.3 is 23.9 Å². The van der Waals surface area contributed by atoms with Gasteiger partial charge in [-0.15, -0.1) is 0 Å². The lowest BCUT2D eigenvalue weighted by Crippen LogP contribution is -2.39. The van der Waals surface area contributed by atoms with E-state index in [1.54, 1.807) is 0 Å². The third kappa shape index (κ3) is 5.46. The van der Waals surface area contributed by atoms with Gasteiger partial charge in [0.2, 0.25) is 0 Å². The van der Waals surface area contributed by atoms with Crippen LogP contribution >= 0.6 is 0 Å². The van der Waals surface area contributed by atoms with Crippen LogP contribution in [0.15, 0.2) is 0 Å². The van der Waals surface area contributed by atoms with Crippen LogP contribution in [-0.2, 0) is 42.9 Å². The quantitative estimate of drug-likeness (QED) is 0.415. The highest BCUT2D eigenvalue weighted by Gasteiger charge is 2.44. The second kappa shape index (κ2) is 7.87. The second-order valence-corrected chi connectivity index (χ2v) is 5.56. The molecule has 2 saturated heterocycles. The molecule has 25 heavy (non-hydrogen) atoms. The molecule has 0 aliphatic carbocycles. The molecule has 2 N–H and O–H groups in total. The van der Waals surface area contributed by atoms with Crippen molar-refractivity contribution in [3.05, 3.63) is 0 Å². The highest BCUT2D eigenvalue weighted by Crippen LogP contribution is 2.30. The number of carbonyl (C=O) groups is 4. The normalized spacial score (nSPS) is 21.0. The molecule has 0 aromatic heterocycles. The Morgan fingerprint density at radius 2 is 1.00 bits per heavy atom. The van der Waals surface area contributed by atoms with Crippen LogP contribution in [0.4, 0.5) is 0 Å². The molecule has 2 heterocycles. The van der Waals surface area contributed by atoms with E-state index in [4.69, 9.17) is 29.2 Å². The molecule has 0 spiro atoms. The summed E-state index contributed by atoms with van der Waals surface area (Å²) in [5.41, 5.74) is 0. The number of hydrogen-bond acceptors (Lipinski definition) is 9. The summed E-state index contributed by atoms with van der Waals surface area (Å²) in [4.78, 5) is 45.5. The number of carboxylic acids is 2. The SMILES string of the molecule is O=C(O)CC1(CC(=O)OC(=O)CC2(CC(=O)O)OCCO2)OCCO1. The average Bonchev–Trinajstić information content (AvgIpc) is 3.07. The molecule has 0 amide bonds. The first kappa shape index (κ1) is 19.2. The Hall–Kier alpha value is -2.08. The van der Waals surface area contributed by atoms with E-state index in [0.29, 0.717) is 0 Å². The van der Waals surface area contributed by atoms with Crippen molar-refractivity contribution in [2.24, 2.45) is 0 Å². The lowest BCUT2D eigenvalue weighted by atomic mass is 10.1. The minimum absolute atomic E-state index is 0.109. The summed E-state index contributed by atoms with van der Waals surface area (Å²) in [6.45, 7) is 0.436. The third-order valence-electron chi connectivity index (χ3n) is 3.52. The number of hydrogen-bond donors (Lipinski definition) is 2. The molecule has 140 valence electrons. The standard InChI is InChI=1S/C14H18O11/c15-9(16)5-13(21-1-2-22-13)7-11(19)25-12(20)8-14(6-10(17)18)23-3-4-24-14/h1-8H2,(H,15,16)(H,17,18). The molecule has 2 fully saturated rings. The fourth-order valence-electron chi connectivity index (χ4n) is 2.63. The molecular weight excluding hydrogens is 344 g/mol. The smallest absolute Gasteiger partial charge is 0.318 e. The number of carbonyl (C=O) groups excluding carboxylic acids is 2. The molecule has 2 rings (SSSR count). The maximum Gasteiger partial charge on any atom is 0.318 e. The number of aliphatic carboxylic acids is 2. The van der Waals surface area contributed by atoms with Gasteiger partial charge < -0.3 is 33.9 Å². The van der Waals surface area contributed by atoms with Crippen molar-refractivity contribution in [3.63, 3.8) is 0 Å². The third-order valence-corrected chi connectivity index (χ3v) is 3.52. The Morgan fingerprint density at radius 1 is 0.680 bits per heavy atom. The van der Waals surface area contributed by atoms with E-state index in [0.717, 1.165) is 0 Å². The Bertz CT molecular complexity index is 495. The van der Waals surface area contributed by atoms with Crippen molar-refractivity contribution < 1.29 is 53.1 Å². The Balaban J connectivity index is 1.91. The van der Waals surface area contributed by atoms with Crippen molar-refractivity contribution >= 4 is 23.9 Å². The van der Waals surface area contributed by atoms with Crippen molar-refractivity contribution in [2.45, 2.75) is 37.3 Å². The van der Waals surface area contributed by atoms with Crippen LogP contribution in [-0.4, -0.2) is 72.1 Å². The largest absolute Gasteiger partial charge is 0.481 e. The summed E-state index contributed by atoms with van der Waals surface area (Å²) in [5.74, 6) is -7.96. The summed E-state index contributed by atoms with van der Waals surface area (Å²) >= 11 is 0. The molecule has 0 aromatic rings. The molecule has 0 atom stereocenters. The molecule has 2 aliphatic heterocycles. The van der Waals surface area contributed by atoms with Crippen LogP contribution in [0.5, 0.6) is 0 Å². The minimum Gasteiger partial charge on any atom is -0.481 e. The van der Waals surface area contributed by atoms with Crippen LogP contribution in [0.1, 0.15) is 25.7 Å². The first-order valence-corrected chi connectivity index (χ1v) is 7.47. The molecule has 0 unspecified atom stereocenters. The summed E-state index contributed by atoms with van der Waals surface area (Å²) in [7, 11) is 0. The average molecular weight is 362 g/mol. The van der Waals surface area contributed by atoms with Gasteiger partial charge in [0, 0.05) is 0 Å². The summed E-state index contributed by atoms with van der Waals surface area (Å²) in [5, 5.41) is 17.7. The van der Waals surface area contributed by atoms with Gasteiger partial charge in [-0.1, -0.05) is 0 Å². The summed E-state index contributed by atoms with van der Waals surface area (Å²) < 4.78 is 25.3. The van der Waals surface area contributed by atoms with Gasteiger partial charge in [0.1, 0.15) is 12.8 Å². The van der Waals surface area contributed by atoms with E-state index >= 15 is 0 Å². The minimum atomic E-state index is -1.68. The monoisotopic (exact) mass is 362 g/mol. The molecule has 2 aliphatic rings. The topological polar surface area (TPSA) is 155 Å². The molecule has 0 radical (unpaired) electrons. The lowest BCUT2D eigenvalue weighted by molar-refractivity contribution is -0.199. The van der Waals surface area contributed by atoms with E-state index in [2.05, 4.69) is 4.74 Å². The molecular formula is C14H18O11. The second-order valence-electron chi connectivity index (χ2n) is 5.56. The maximum absolute atomic E-state index is 11.9. The van der Waals surface area contributed by atoms with E-state index in [-0.39, 0.29) is 26.4 Å². The first-order chi connectivity index (χ1) is 11.7. The number of rotatable bonds is 8. The van der Waals surface area contributed by atoms with E-state index in [1.165, 1.54) is 0 Å². The van der Waals surface area contributed by atoms with Crippen molar-refractivity contribution in [3.8, 4) is 0 Å². The molecule has 0 aromatic carbocycles. The zero-order chi connectivity index (χ0) is 18.5. The van der Waals surface area contributed by atoms with Crippen molar-refractivity contribution in [2.75, 3.05) is 26.4 Å². The molecule has 11 nitrogen and oxygen atoms in total. The highest BCUT2D eigenvalue weighted by molar-refractivity contribution is 5.87. The molecule has 0 bridgehead atoms. The van der Waals surface area contributed by atoms with E-state index in [1.807, 2.05) is 0 Å². The number of carboxylic acid groups (broad SMARTS) is 2. The zero-order valence-electron chi connectivity index (χ0n) is 13.2. The van der Waals surface area contributed by atoms with Crippen LogP contribution in [0.2, 0.25) is 0 Å². The summed E-state index contributed by atoms with van der Waals surface area (Å²) in [6.07, 6.45) is -2.38. The molecule has 11 heteroatoms. The van der Waals surface area contributed by atoms with Gasteiger partial charge in [-0.3, -0.25) is 19.2 Å². The Kier molecular flexibility index (Phi) is 6.06. The van der Waals surface area contributed by atoms with Gasteiger partial charge in [0.05, 0.1) is 39.3 Å². The highest BCUT2D eigenvalue weighted by atomic mass is 16.7.